The van der Waals surface area contributed by atoms with E-state index in [2.05, 4.69) is 20.4 Å². The van der Waals surface area contributed by atoms with Crippen molar-refractivity contribution in [3.8, 4) is 0 Å². The van der Waals surface area contributed by atoms with Crippen molar-refractivity contribution in [2.45, 2.75) is 26.4 Å². The van der Waals surface area contributed by atoms with Gasteiger partial charge in [0.1, 0.15) is 0 Å². The quantitative estimate of drug-likeness (QED) is 0.281. The molecule has 1 heterocycles. The third-order valence-corrected chi connectivity index (χ3v) is 1.98. The van der Waals surface area contributed by atoms with Crippen molar-refractivity contribution >= 4 is 5.84 Å². The first kappa shape index (κ1) is 11.4. The molecule has 1 aromatic heterocycles. The van der Waals surface area contributed by atoms with Crippen molar-refractivity contribution in [2.75, 3.05) is 0 Å². The number of aromatic nitrogens is 2. The van der Waals surface area contributed by atoms with E-state index < -0.39 is 0 Å². The fourth-order valence-electron chi connectivity index (χ4n) is 0.959. The van der Waals surface area contributed by atoms with Gasteiger partial charge in [-0.3, -0.25) is 9.97 Å². The fourth-order valence-corrected chi connectivity index (χ4v) is 0.959. The van der Waals surface area contributed by atoms with Crippen LogP contribution in [-0.2, 0) is 6.54 Å². The molecule has 82 valence electrons. The second kappa shape index (κ2) is 5.26. The topological polar surface area (TPSA) is 96.4 Å². The van der Waals surface area contributed by atoms with Gasteiger partial charge in [0.25, 0.3) is 0 Å². The molecule has 15 heavy (non-hydrogen) atoms. The van der Waals surface area contributed by atoms with Gasteiger partial charge in [-0.2, -0.15) is 0 Å². The van der Waals surface area contributed by atoms with Crippen LogP contribution in [0.4, 0.5) is 0 Å². The summed E-state index contributed by atoms with van der Waals surface area (Å²) in [5.74, 6) is 0.148. The van der Waals surface area contributed by atoms with Gasteiger partial charge in [0.05, 0.1) is 17.4 Å². The van der Waals surface area contributed by atoms with E-state index in [9.17, 15) is 0 Å². The molecule has 1 rings (SSSR count). The van der Waals surface area contributed by atoms with E-state index in [0.717, 1.165) is 11.4 Å². The molecule has 4 N–H and O–H groups in total. The number of aryl methyl sites for hydroxylation is 1. The monoisotopic (exact) mass is 209 g/mol. The lowest BCUT2D eigenvalue weighted by Crippen LogP contribution is -2.38. The molecule has 0 aliphatic rings. The summed E-state index contributed by atoms with van der Waals surface area (Å²) in [6, 6.07) is -0.196. The molecular formula is C9H15N5O. The minimum absolute atomic E-state index is 0.148. The molecule has 1 atom stereocenters. The smallest absolute Gasteiger partial charge is 0.156 e. The van der Waals surface area contributed by atoms with Crippen molar-refractivity contribution in [3.05, 3.63) is 23.8 Å². The second-order valence-corrected chi connectivity index (χ2v) is 3.28. The Kier molecular flexibility index (Phi) is 3.99. The third kappa shape index (κ3) is 3.51. The summed E-state index contributed by atoms with van der Waals surface area (Å²) in [4.78, 5) is 8.28. The number of oxime groups is 1. The highest BCUT2D eigenvalue weighted by Gasteiger charge is 2.06. The first-order valence-electron chi connectivity index (χ1n) is 4.62. The van der Waals surface area contributed by atoms with Crippen molar-refractivity contribution in [3.63, 3.8) is 0 Å². The Bertz CT molecular complexity index is 335. The average Bonchev–Trinajstić information content (AvgIpc) is 2.26. The van der Waals surface area contributed by atoms with Crippen LogP contribution in [0.5, 0.6) is 0 Å². The van der Waals surface area contributed by atoms with Gasteiger partial charge < -0.3 is 16.3 Å². The predicted octanol–water partition coefficient (Wildman–Crippen LogP) is 0.00952. The molecular weight excluding hydrogens is 194 g/mol. The highest BCUT2D eigenvalue weighted by molar-refractivity contribution is 5.84. The molecule has 6 nitrogen and oxygen atoms in total. The van der Waals surface area contributed by atoms with E-state index in [1.54, 1.807) is 19.3 Å². The molecule has 0 aliphatic heterocycles. The Hall–Kier alpha value is -1.69. The number of nitrogens with one attached hydrogen (secondary N) is 1. The zero-order chi connectivity index (χ0) is 11.3. The van der Waals surface area contributed by atoms with Crippen LogP contribution in [0.15, 0.2) is 17.5 Å². The number of amidine groups is 1. The summed E-state index contributed by atoms with van der Waals surface area (Å²) >= 11 is 0. The summed E-state index contributed by atoms with van der Waals surface area (Å²) < 4.78 is 0. The van der Waals surface area contributed by atoms with Gasteiger partial charge in [0.2, 0.25) is 0 Å². The Morgan fingerprint density at radius 1 is 1.60 bits per heavy atom. The molecule has 0 amide bonds. The maximum absolute atomic E-state index is 8.43. The van der Waals surface area contributed by atoms with Gasteiger partial charge >= 0.3 is 0 Å². The number of hydrogen-bond acceptors (Lipinski definition) is 5. The van der Waals surface area contributed by atoms with Crippen LogP contribution in [-0.4, -0.2) is 27.1 Å². The fraction of sp³-hybridized carbons (Fsp3) is 0.444. The molecule has 6 heteroatoms. The molecule has 0 fully saturated rings. The van der Waals surface area contributed by atoms with Crippen molar-refractivity contribution in [1.82, 2.24) is 15.3 Å². The van der Waals surface area contributed by atoms with Crippen LogP contribution in [0.2, 0.25) is 0 Å². The predicted molar refractivity (Wildman–Crippen MR) is 56.5 cm³/mol. The zero-order valence-electron chi connectivity index (χ0n) is 8.81. The SMILES string of the molecule is Cc1cnc(CNC(C)C(N)=NO)cn1. The Morgan fingerprint density at radius 3 is 2.87 bits per heavy atom. The highest BCUT2D eigenvalue weighted by atomic mass is 16.4. The zero-order valence-corrected chi connectivity index (χ0v) is 8.81. The van der Waals surface area contributed by atoms with E-state index in [1.165, 1.54) is 0 Å². The summed E-state index contributed by atoms with van der Waals surface area (Å²) in [6.45, 7) is 4.21. The number of nitrogens with two attached hydrogens (primary N) is 1. The number of hydrogen-bond donors (Lipinski definition) is 3. The Balaban J connectivity index is 2.47. The molecule has 1 unspecified atom stereocenters. The van der Waals surface area contributed by atoms with Crippen molar-refractivity contribution in [2.24, 2.45) is 10.9 Å². The summed E-state index contributed by atoms with van der Waals surface area (Å²) in [5.41, 5.74) is 7.10. The molecule has 0 saturated heterocycles. The third-order valence-electron chi connectivity index (χ3n) is 1.98. The molecule has 0 aliphatic carbocycles. The van der Waals surface area contributed by atoms with E-state index >= 15 is 0 Å². The van der Waals surface area contributed by atoms with Crippen LogP contribution in [0.3, 0.4) is 0 Å². The second-order valence-electron chi connectivity index (χ2n) is 3.28. The van der Waals surface area contributed by atoms with Crippen molar-refractivity contribution in [1.29, 1.82) is 0 Å². The lowest BCUT2D eigenvalue weighted by Gasteiger charge is -2.11. The van der Waals surface area contributed by atoms with E-state index in [1.807, 2.05) is 6.92 Å². The molecule has 0 spiro atoms. The van der Waals surface area contributed by atoms with E-state index in [0.29, 0.717) is 6.54 Å². The van der Waals surface area contributed by atoms with Crippen LogP contribution in [0.1, 0.15) is 18.3 Å². The Morgan fingerprint density at radius 2 is 2.33 bits per heavy atom. The largest absolute Gasteiger partial charge is 0.409 e. The Labute approximate surface area is 88.2 Å². The van der Waals surface area contributed by atoms with Gasteiger partial charge in [-0.25, -0.2) is 0 Å². The summed E-state index contributed by atoms with van der Waals surface area (Å²) in [7, 11) is 0. The van der Waals surface area contributed by atoms with Crippen LogP contribution < -0.4 is 11.1 Å². The van der Waals surface area contributed by atoms with Gasteiger partial charge in [-0.1, -0.05) is 5.16 Å². The first-order valence-corrected chi connectivity index (χ1v) is 4.62. The summed E-state index contributed by atoms with van der Waals surface area (Å²) in [6.07, 6.45) is 3.40. The minimum atomic E-state index is -0.196. The number of rotatable bonds is 4. The van der Waals surface area contributed by atoms with Crippen LogP contribution in [0, 0.1) is 6.92 Å². The first-order chi connectivity index (χ1) is 7.13. The minimum Gasteiger partial charge on any atom is -0.409 e. The van der Waals surface area contributed by atoms with Crippen molar-refractivity contribution < 1.29 is 5.21 Å². The normalized spacial score (nSPS) is 13.9. The summed E-state index contributed by atoms with van der Waals surface area (Å²) in [5, 5.41) is 14.4. The van der Waals surface area contributed by atoms with Crippen LogP contribution in [0.25, 0.3) is 0 Å². The molecule has 0 aromatic carbocycles. The number of nitrogens with zero attached hydrogens (tertiary/aromatic N) is 3. The lowest BCUT2D eigenvalue weighted by molar-refractivity contribution is 0.315. The molecule has 0 radical (unpaired) electrons. The van der Waals surface area contributed by atoms with Gasteiger partial charge in [0.15, 0.2) is 5.84 Å². The van der Waals surface area contributed by atoms with Gasteiger partial charge in [-0.15, -0.1) is 0 Å². The van der Waals surface area contributed by atoms with E-state index in [4.69, 9.17) is 10.9 Å². The molecule has 0 bridgehead atoms. The lowest BCUT2D eigenvalue weighted by atomic mass is 10.3. The van der Waals surface area contributed by atoms with Crippen LogP contribution >= 0.6 is 0 Å². The van der Waals surface area contributed by atoms with E-state index in [-0.39, 0.29) is 11.9 Å². The van der Waals surface area contributed by atoms with Gasteiger partial charge in [-0.05, 0) is 13.8 Å². The average molecular weight is 209 g/mol. The molecule has 0 saturated carbocycles. The maximum Gasteiger partial charge on any atom is 0.156 e. The highest BCUT2D eigenvalue weighted by Crippen LogP contribution is 1.94. The maximum atomic E-state index is 8.43. The standard InChI is InChI=1S/C9H15N5O/c1-6-3-13-8(4-11-6)5-12-7(2)9(10)14-15/h3-4,7,12,15H,5H2,1-2H3,(H2,10,14). The van der Waals surface area contributed by atoms with Gasteiger partial charge in [0, 0.05) is 18.9 Å². The molecule has 1 aromatic rings.